The molecule has 0 bridgehead atoms. The summed E-state index contributed by atoms with van der Waals surface area (Å²) in [5.74, 6) is -0.0137. The van der Waals surface area contributed by atoms with Gasteiger partial charge in [0.2, 0.25) is 5.90 Å². The Labute approximate surface area is 88.4 Å². The number of rotatable bonds is 2. The van der Waals surface area contributed by atoms with Crippen LogP contribution in [0.25, 0.3) is 0 Å². The molecule has 0 saturated carbocycles. The van der Waals surface area contributed by atoms with Crippen LogP contribution in [0.5, 0.6) is 0 Å². The molecule has 1 rings (SSSR count). The summed E-state index contributed by atoms with van der Waals surface area (Å²) in [5.41, 5.74) is 7.05. The molecular weight excluding hydrogens is 196 g/mol. The number of hydrogen-bond acceptors (Lipinski definition) is 3. The average Bonchev–Trinajstić information content (AvgIpc) is 2.17. The standard InChI is InChI=1S/C10H12N2OS/c1-2-7-3-5-8(6-4-7)9(11)13-10(12)14/h3-6,11H,2H2,1H3,(H2,12,14). The molecule has 0 radical (unpaired) electrons. The van der Waals surface area contributed by atoms with Crippen molar-refractivity contribution in [3.8, 4) is 0 Å². The minimum absolute atomic E-state index is 0.0137. The molecule has 0 aliphatic carbocycles. The van der Waals surface area contributed by atoms with E-state index in [1.165, 1.54) is 5.56 Å². The quantitative estimate of drug-likeness (QED) is 0.443. The molecule has 0 aliphatic rings. The molecule has 0 unspecified atom stereocenters. The highest BCUT2D eigenvalue weighted by atomic mass is 32.1. The lowest BCUT2D eigenvalue weighted by Crippen LogP contribution is -2.18. The summed E-state index contributed by atoms with van der Waals surface area (Å²) in [6, 6.07) is 7.54. The minimum Gasteiger partial charge on any atom is -0.413 e. The highest BCUT2D eigenvalue weighted by Gasteiger charge is 2.03. The van der Waals surface area contributed by atoms with Gasteiger partial charge in [0.25, 0.3) is 5.17 Å². The average molecular weight is 208 g/mol. The van der Waals surface area contributed by atoms with E-state index in [2.05, 4.69) is 19.1 Å². The van der Waals surface area contributed by atoms with Gasteiger partial charge in [0.1, 0.15) is 0 Å². The summed E-state index contributed by atoms with van der Waals surface area (Å²) in [4.78, 5) is 0. The molecule has 0 atom stereocenters. The Hall–Kier alpha value is -1.42. The fourth-order valence-electron chi connectivity index (χ4n) is 1.05. The lowest BCUT2D eigenvalue weighted by atomic mass is 10.1. The number of nitrogens with one attached hydrogen (secondary N) is 1. The van der Waals surface area contributed by atoms with Crippen LogP contribution >= 0.6 is 12.2 Å². The van der Waals surface area contributed by atoms with Crippen molar-refractivity contribution in [2.45, 2.75) is 13.3 Å². The molecule has 0 aliphatic heterocycles. The van der Waals surface area contributed by atoms with Crippen LogP contribution in [-0.2, 0) is 11.2 Å². The van der Waals surface area contributed by atoms with Gasteiger partial charge in [0.15, 0.2) is 0 Å². The Bertz CT molecular complexity index is 346. The summed E-state index contributed by atoms with van der Waals surface area (Å²) >= 11 is 4.54. The van der Waals surface area contributed by atoms with E-state index in [9.17, 15) is 0 Å². The van der Waals surface area contributed by atoms with Crippen molar-refractivity contribution in [3.05, 3.63) is 35.4 Å². The van der Waals surface area contributed by atoms with E-state index in [-0.39, 0.29) is 11.1 Å². The molecule has 74 valence electrons. The first-order chi connectivity index (χ1) is 6.63. The number of benzene rings is 1. The van der Waals surface area contributed by atoms with Crippen LogP contribution in [0.15, 0.2) is 24.3 Å². The van der Waals surface area contributed by atoms with Crippen LogP contribution in [0, 0.1) is 5.41 Å². The first-order valence-corrected chi connectivity index (χ1v) is 4.69. The van der Waals surface area contributed by atoms with Gasteiger partial charge >= 0.3 is 0 Å². The van der Waals surface area contributed by atoms with E-state index < -0.39 is 0 Å². The topological polar surface area (TPSA) is 59.1 Å². The van der Waals surface area contributed by atoms with Gasteiger partial charge in [0.05, 0.1) is 0 Å². The van der Waals surface area contributed by atoms with Gasteiger partial charge in [-0.2, -0.15) is 0 Å². The zero-order chi connectivity index (χ0) is 10.6. The Morgan fingerprint density at radius 1 is 1.43 bits per heavy atom. The van der Waals surface area contributed by atoms with E-state index in [0.29, 0.717) is 5.56 Å². The number of aryl methyl sites for hydroxylation is 1. The molecule has 0 amide bonds. The second kappa shape index (κ2) is 4.72. The molecule has 4 heteroatoms. The first kappa shape index (κ1) is 10.7. The molecule has 0 saturated heterocycles. The molecule has 0 fully saturated rings. The highest BCUT2D eigenvalue weighted by Crippen LogP contribution is 2.06. The molecule has 0 aromatic heterocycles. The minimum atomic E-state index is -0.130. The Morgan fingerprint density at radius 2 is 2.00 bits per heavy atom. The van der Waals surface area contributed by atoms with Crippen LogP contribution in [-0.4, -0.2) is 11.1 Å². The summed E-state index contributed by atoms with van der Waals surface area (Å²) in [5, 5.41) is 7.37. The zero-order valence-corrected chi connectivity index (χ0v) is 8.73. The maximum Gasteiger partial charge on any atom is 0.260 e. The van der Waals surface area contributed by atoms with Crippen molar-refractivity contribution in [3.63, 3.8) is 0 Å². The third-order valence-electron chi connectivity index (χ3n) is 1.83. The molecule has 3 nitrogen and oxygen atoms in total. The lowest BCUT2D eigenvalue weighted by Gasteiger charge is -2.04. The van der Waals surface area contributed by atoms with E-state index in [1.807, 2.05) is 24.3 Å². The Morgan fingerprint density at radius 3 is 2.43 bits per heavy atom. The van der Waals surface area contributed by atoms with Gasteiger partial charge in [-0.3, -0.25) is 5.41 Å². The van der Waals surface area contributed by atoms with E-state index >= 15 is 0 Å². The predicted octanol–water partition coefficient (Wildman–Crippen LogP) is 1.83. The lowest BCUT2D eigenvalue weighted by molar-refractivity contribution is 0.548. The molecule has 1 aromatic carbocycles. The number of thiocarbonyl (C=S) groups is 1. The van der Waals surface area contributed by atoms with Crippen LogP contribution in [0.3, 0.4) is 0 Å². The third kappa shape index (κ3) is 2.81. The fraction of sp³-hybridized carbons (Fsp3) is 0.200. The monoisotopic (exact) mass is 208 g/mol. The predicted molar refractivity (Wildman–Crippen MR) is 60.5 cm³/mol. The normalized spacial score (nSPS) is 9.50. The van der Waals surface area contributed by atoms with Crippen LogP contribution in [0.2, 0.25) is 0 Å². The Balaban J connectivity index is 2.76. The number of nitrogens with two attached hydrogens (primary N) is 1. The zero-order valence-electron chi connectivity index (χ0n) is 7.91. The second-order valence-corrected chi connectivity index (χ2v) is 3.20. The van der Waals surface area contributed by atoms with Crippen molar-refractivity contribution in [1.82, 2.24) is 0 Å². The third-order valence-corrected chi connectivity index (χ3v) is 1.91. The smallest absolute Gasteiger partial charge is 0.260 e. The first-order valence-electron chi connectivity index (χ1n) is 4.28. The van der Waals surface area contributed by atoms with E-state index in [1.54, 1.807) is 0 Å². The van der Waals surface area contributed by atoms with E-state index in [0.717, 1.165) is 6.42 Å². The highest BCUT2D eigenvalue weighted by molar-refractivity contribution is 7.80. The fourth-order valence-corrected chi connectivity index (χ4v) is 1.13. The molecule has 0 heterocycles. The van der Waals surface area contributed by atoms with Crippen LogP contribution in [0.4, 0.5) is 0 Å². The molecule has 3 N–H and O–H groups in total. The summed E-state index contributed by atoms with van der Waals surface area (Å²) in [6.07, 6.45) is 0.976. The largest absolute Gasteiger partial charge is 0.413 e. The van der Waals surface area contributed by atoms with Crippen LogP contribution < -0.4 is 5.73 Å². The van der Waals surface area contributed by atoms with Crippen molar-refractivity contribution < 1.29 is 4.74 Å². The molecule has 14 heavy (non-hydrogen) atoms. The van der Waals surface area contributed by atoms with Gasteiger partial charge in [-0.1, -0.05) is 19.1 Å². The summed E-state index contributed by atoms with van der Waals surface area (Å²) in [6.45, 7) is 2.08. The van der Waals surface area contributed by atoms with Crippen molar-refractivity contribution in [1.29, 1.82) is 5.41 Å². The van der Waals surface area contributed by atoms with Gasteiger partial charge in [-0.25, -0.2) is 0 Å². The van der Waals surface area contributed by atoms with Crippen LogP contribution in [0.1, 0.15) is 18.1 Å². The van der Waals surface area contributed by atoms with Gasteiger partial charge in [0, 0.05) is 5.56 Å². The summed E-state index contributed by atoms with van der Waals surface area (Å²) < 4.78 is 4.80. The van der Waals surface area contributed by atoms with Gasteiger partial charge in [-0.05, 0) is 36.3 Å². The SMILES string of the molecule is CCc1ccc(C(=N)OC(N)=S)cc1. The van der Waals surface area contributed by atoms with Gasteiger partial charge < -0.3 is 10.5 Å². The second-order valence-electron chi connectivity index (χ2n) is 2.80. The number of hydrogen-bond donors (Lipinski definition) is 2. The number of ether oxygens (including phenoxy) is 1. The van der Waals surface area contributed by atoms with E-state index in [4.69, 9.17) is 15.9 Å². The molecular formula is C10H12N2OS. The van der Waals surface area contributed by atoms with Gasteiger partial charge in [-0.15, -0.1) is 0 Å². The van der Waals surface area contributed by atoms with Crippen molar-refractivity contribution in [2.75, 3.05) is 0 Å². The summed E-state index contributed by atoms with van der Waals surface area (Å²) in [7, 11) is 0. The van der Waals surface area contributed by atoms with Crippen molar-refractivity contribution in [2.24, 2.45) is 5.73 Å². The maximum absolute atomic E-state index is 7.50. The molecule has 1 aromatic rings. The molecule has 0 spiro atoms. The maximum atomic E-state index is 7.50. The van der Waals surface area contributed by atoms with Crippen molar-refractivity contribution >= 4 is 23.3 Å². The Kier molecular flexibility index (Phi) is 3.59.